The van der Waals surface area contributed by atoms with Crippen molar-refractivity contribution in [1.82, 2.24) is 4.98 Å². The lowest BCUT2D eigenvalue weighted by Gasteiger charge is -2.11. The molecule has 0 bridgehead atoms. The molecule has 0 amide bonds. The summed E-state index contributed by atoms with van der Waals surface area (Å²) in [6.45, 7) is 0. The van der Waals surface area contributed by atoms with E-state index in [9.17, 15) is 0 Å². The molecule has 0 unspecified atom stereocenters. The maximum Gasteiger partial charge on any atom is 0.0786 e. The molecule has 0 aliphatic rings. The van der Waals surface area contributed by atoms with E-state index in [-0.39, 0.29) is 0 Å². The molecular formula is C25H22N2. The van der Waals surface area contributed by atoms with Gasteiger partial charge in [0.15, 0.2) is 0 Å². The lowest BCUT2D eigenvalue weighted by molar-refractivity contribution is 1.13. The molecule has 0 spiro atoms. The summed E-state index contributed by atoms with van der Waals surface area (Å²) in [4.78, 5) is 6.77. The van der Waals surface area contributed by atoms with Gasteiger partial charge in [0, 0.05) is 36.9 Å². The molecule has 2 nitrogen and oxygen atoms in total. The minimum atomic E-state index is 1.04. The number of fused-ring (bicyclic) bond motifs is 1. The predicted molar refractivity (Wildman–Crippen MR) is 117 cm³/mol. The van der Waals surface area contributed by atoms with Crippen molar-refractivity contribution in [1.29, 1.82) is 0 Å². The van der Waals surface area contributed by atoms with Crippen molar-refractivity contribution in [2.24, 2.45) is 0 Å². The first-order chi connectivity index (χ1) is 13.2. The van der Waals surface area contributed by atoms with Gasteiger partial charge in [-0.3, -0.25) is 4.98 Å². The number of anilines is 1. The second-order valence-corrected chi connectivity index (χ2v) is 6.79. The number of aromatic nitrogens is 1. The van der Waals surface area contributed by atoms with Crippen molar-refractivity contribution in [3.63, 3.8) is 0 Å². The van der Waals surface area contributed by atoms with Crippen molar-refractivity contribution in [3.05, 3.63) is 96.2 Å². The second kappa shape index (κ2) is 7.46. The number of benzene rings is 3. The summed E-state index contributed by atoms with van der Waals surface area (Å²) in [5.41, 5.74) is 6.96. The molecule has 27 heavy (non-hydrogen) atoms. The molecule has 0 saturated carbocycles. The molecule has 4 rings (SSSR count). The van der Waals surface area contributed by atoms with Crippen LogP contribution in [-0.2, 0) is 0 Å². The average Bonchev–Trinajstić information content (AvgIpc) is 2.72. The number of pyridine rings is 1. The first kappa shape index (κ1) is 17.0. The Morgan fingerprint density at radius 3 is 2.26 bits per heavy atom. The van der Waals surface area contributed by atoms with Crippen LogP contribution in [0.2, 0.25) is 0 Å². The Morgan fingerprint density at radius 2 is 1.52 bits per heavy atom. The maximum absolute atomic E-state index is 4.66. The Balaban J connectivity index is 1.72. The van der Waals surface area contributed by atoms with Crippen LogP contribution < -0.4 is 4.90 Å². The molecular weight excluding hydrogens is 328 g/mol. The first-order valence-corrected chi connectivity index (χ1v) is 9.11. The molecule has 2 heteroatoms. The van der Waals surface area contributed by atoms with Gasteiger partial charge in [-0.2, -0.15) is 0 Å². The third-order valence-corrected chi connectivity index (χ3v) is 4.75. The van der Waals surface area contributed by atoms with Gasteiger partial charge in [0.2, 0.25) is 0 Å². The van der Waals surface area contributed by atoms with Crippen LogP contribution in [0.25, 0.3) is 34.2 Å². The van der Waals surface area contributed by atoms with Crippen molar-refractivity contribution in [2.75, 3.05) is 19.0 Å². The van der Waals surface area contributed by atoms with E-state index in [0.717, 1.165) is 5.52 Å². The molecule has 0 N–H and O–H groups in total. The van der Waals surface area contributed by atoms with Crippen LogP contribution in [0.5, 0.6) is 0 Å². The fraction of sp³-hybridized carbons (Fsp3) is 0.0800. The van der Waals surface area contributed by atoms with Crippen LogP contribution in [0.4, 0.5) is 5.69 Å². The summed E-state index contributed by atoms with van der Waals surface area (Å²) in [5, 5.41) is 1.17. The second-order valence-electron chi connectivity index (χ2n) is 6.79. The standard InChI is InChI=1S/C25H22N2/c1-27(2)22-15-12-19(13-16-22)11-14-21-17-18-26-25-23(9-6-10-24(21)25)20-7-4-3-5-8-20/h3-18H,1-2H3/b14-11+. The monoisotopic (exact) mass is 350 g/mol. The summed E-state index contributed by atoms with van der Waals surface area (Å²) in [6, 6.07) is 27.4. The average molecular weight is 350 g/mol. The van der Waals surface area contributed by atoms with Crippen LogP contribution in [0.1, 0.15) is 11.1 Å². The third kappa shape index (κ3) is 3.61. The zero-order valence-corrected chi connectivity index (χ0v) is 15.6. The number of hydrogen-bond acceptors (Lipinski definition) is 2. The smallest absolute Gasteiger partial charge is 0.0786 e. The highest BCUT2D eigenvalue weighted by molar-refractivity contribution is 5.99. The van der Waals surface area contributed by atoms with Gasteiger partial charge in [-0.25, -0.2) is 0 Å². The summed E-state index contributed by atoms with van der Waals surface area (Å²) in [7, 11) is 4.11. The van der Waals surface area contributed by atoms with Gasteiger partial charge >= 0.3 is 0 Å². The lowest BCUT2D eigenvalue weighted by Crippen LogP contribution is -2.07. The van der Waals surface area contributed by atoms with Gasteiger partial charge in [-0.05, 0) is 34.9 Å². The van der Waals surface area contributed by atoms with E-state index in [2.05, 4.69) is 109 Å². The lowest BCUT2D eigenvalue weighted by atomic mass is 9.99. The largest absolute Gasteiger partial charge is 0.378 e. The van der Waals surface area contributed by atoms with E-state index >= 15 is 0 Å². The van der Waals surface area contributed by atoms with Crippen molar-refractivity contribution >= 4 is 28.7 Å². The Kier molecular flexibility index (Phi) is 4.71. The molecule has 0 radical (unpaired) electrons. The highest BCUT2D eigenvalue weighted by atomic mass is 15.1. The molecule has 1 aromatic heterocycles. The van der Waals surface area contributed by atoms with E-state index in [1.165, 1.54) is 33.3 Å². The van der Waals surface area contributed by atoms with Crippen molar-refractivity contribution < 1.29 is 0 Å². The predicted octanol–water partition coefficient (Wildman–Crippen LogP) is 6.14. The molecule has 1 heterocycles. The van der Waals surface area contributed by atoms with Crippen LogP contribution in [0.15, 0.2) is 85.1 Å². The summed E-state index contributed by atoms with van der Waals surface area (Å²) in [5.74, 6) is 0. The minimum absolute atomic E-state index is 1.04. The van der Waals surface area contributed by atoms with Gasteiger partial charge in [-0.15, -0.1) is 0 Å². The molecule has 0 aliphatic carbocycles. The van der Waals surface area contributed by atoms with Crippen LogP contribution in [0.3, 0.4) is 0 Å². The zero-order valence-electron chi connectivity index (χ0n) is 15.6. The summed E-state index contributed by atoms with van der Waals surface area (Å²) >= 11 is 0. The summed E-state index contributed by atoms with van der Waals surface area (Å²) in [6.07, 6.45) is 6.22. The van der Waals surface area contributed by atoms with Crippen LogP contribution in [0, 0.1) is 0 Å². The molecule has 3 aromatic carbocycles. The van der Waals surface area contributed by atoms with E-state index in [4.69, 9.17) is 0 Å². The molecule has 4 aromatic rings. The Morgan fingerprint density at radius 1 is 0.741 bits per heavy atom. The molecule has 0 saturated heterocycles. The fourth-order valence-corrected chi connectivity index (χ4v) is 3.26. The quantitative estimate of drug-likeness (QED) is 0.439. The topological polar surface area (TPSA) is 16.1 Å². The molecule has 132 valence electrons. The highest BCUT2D eigenvalue weighted by Gasteiger charge is 2.06. The Hall–Kier alpha value is -3.39. The fourth-order valence-electron chi connectivity index (χ4n) is 3.26. The van der Waals surface area contributed by atoms with Gasteiger partial charge in [-0.1, -0.05) is 72.8 Å². The number of hydrogen-bond donors (Lipinski definition) is 0. The van der Waals surface area contributed by atoms with E-state index in [1.807, 2.05) is 12.3 Å². The van der Waals surface area contributed by atoms with Gasteiger partial charge in [0.1, 0.15) is 0 Å². The van der Waals surface area contributed by atoms with E-state index in [0.29, 0.717) is 0 Å². The number of rotatable bonds is 4. The first-order valence-electron chi connectivity index (χ1n) is 9.11. The van der Waals surface area contributed by atoms with Gasteiger partial charge < -0.3 is 4.90 Å². The van der Waals surface area contributed by atoms with Gasteiger partial charge in [0.25, 0.3) is 0 Å². The van der Waals surface area contributed by atoms with E-state index in [1.54, 1.807) is 0 Å². The van der Waals surface area contributed by atoms with Crippen LogP contribution in [-0.4, -0.2) is 19.1 Å². The Bertz CT molecular complexity index is 1080. The maximum atomic E-state index is 4.66. The normalized spacial score (nSPS) is 11.2. The minimum Gasteiger partial charge on any atom is -0.378 e. The van der Waals surface area contributed by atoms with Crippen molar-refractivity contribution in [2.45, 2.75) is 0 Å². The van der Waals surface area contributed by atoms with Crippen molar-refractivity contribution in [3.8, 4) is 11.1 Å². The highest BCUT2D eigenvalue weighted by Crippen LogP contribution is 2.29. The van der Waals surface area contributed by atoms with E-state index < -0.39 is 0 Å². The molecule has 0 aliphatic heterocycles. The molecule has 0 fully saturated rings. The number of nitrogens with zero attached hydrogens (tertiary/aromatic N) is 2. The Labute approximate surface area is 160 Å². The third-order valence-electron chi connectivity index (χ3n) is 4.75. The molecule has 0 atom stereocenters. The SMILES string of the molecule is CN(C)c1ccc(/C=C/c2ccnc3c(-c4ccccc4)cccc23)cc1. The zero-order chi connectivity index (χ0) is 18.6. The summed E-state index contributed by atoms with van der Waals surface area (Å²) < 4.78 is 0. The number of para-hydroxylation sites is 1. The van der Waals surface area contributed by atoms with Gasteiger partial charge in [0.05, 0.1) is 5.52 Å². The van der Waals surface area contributed by atoms with Crippen LogP contribution >= 0.6 is 0 Å².